The summed E-state index contributed by atoms with van der Waals surface area (Å²) >= 11 is 0. The van der Waals surface area contributed by atoms with E-state index >= 15 is 0 Å². The van der Waals surface area contributed by atoms with Crippen LogP contribution in [0.2, 0.25) is 0 Å². The lowest BCUT2D eigenvalue weighted by molar-refractivity contribution is -0.122. The minimum Gasteiger partial charge on any atom is -0.491 e. The van der Waals surface area contributed by atoms with Crippen LogP contribution in [0.3, 0.4) is 0 Å². The van der Waals surface area contributed by atoms with Crippen molar-refractivity contribution in [2.24, 2.45) is 11.5 Å². The number of rotatable bonds is 19. The van der Waals surface area contributed by atoms with Gasteiger partial charge >= 0.3 is 0 Å². The maximum Gasteiger partial charge on any atom is 0.276 e. The number of anilines is 2. The monoisotopic (exact) mass is 890 g/mol. The summed E-state index contributed by atoms with van der Waals surface area (Å²) < 4.78 is 12.9. The van der Waals surface area contributed by atoms with Crippen molar-refractivity contribution in [3.05, 3.63) is 82.6 Å². The van der Waals surface area contributed by atoms with Gasteiger partial charge in [0, 0.05) is 70.7 Å². The number of nitrogens with one attached hydrogen (secondary N) is 3. The first kappa shape index (κ1) is 45.6. The molecule has 0 atom stereocenters. The van der Waals surface area contributed by atoms with E-state index in [1.165, 1.54) is 24.4 Å². The van der Waals surface area contributed by atoms with Gasteiger partial charge < -0.3 is 31.0 Å². The smallest absolute Gasteiger partial charge is 0.276 e. The van der Waals surface area contributed by atoms with Gasteiger partial charge in [0.1, 0.15) is 28.2 Å². The number of aromatic nitrogens is 9. The zero-order valence-corrected chi connectivity index (χ0v) is 37.1. The number of hydrogen-bond acceptors (Lipinski definition) is 13. The normalized spacial score (nSPS) is 13.5. The van der Waals surface area contributed by atoms with Crippen LogP contribution < -0.4 is 32.2 Å². The highest BCUT2D eigenvalue weighted by Gasteiger charge is 2.23. The van der Waals surface area contributed by atoms with Crippen molar-refractivity contribution in [1.29, 1.82) is 0 Å². The summed E-state index contributed by atoms with van der Waals surface area (Å²) in [5.41, 5.74) is 15.1. The van der Waals surface area contributed by atoms with E-state index in [1.54, 1.807) is 44.5 Å². The molecule has 0 aliphatic carbocycles. The number of primary amides is 2. The molecule has 342 valence electrons. The molecule has 1 aliphatic rings. The van der Waals surface area contributed by atoms with Gasteiger partial charge in [-0.15, -0.1) is 0 Å². The number of aryl methyl sites for hydroxylation is 4. The van der Waals surface area contributed by atoms with Crippen molar-refractivity contribution >= 4 is 63.6 Å². The van der Waals surface area contributed by atoms with Crippen molar-refractivity contribution in [3.63, 3.8) is 0 Å². The van der Waals surface area contributed by atoms with Gasteiger partial charge in [-0.1, -0.05) is 12.2 Å². The number of pyridine rings is 1. The van der Waals surface area contributed by atoms with Crippen molar-refractivity contribution in [2.75, 3.05) is 63.6 Å². The number of nitrogens with two attached hydrogens (primary N) is 2. The van der Waals surface area contributed by atoms with Gasteiger partial charge in [0.25, 0.3) is 11.8 Å². The molecule has 1 saturated heterocycles. The van der Waals surface area contributed by atoms with Crippen molar-refractivity contribution in [3.8, 4) is 5.75 Å². The third-order valence-corrected chi connectivity index (χ3v) is 10.9. The molecule has 22 heteroatoms. The van der Waals surface area contributed by atoms with Gasteiger partial charge in [-0.05, 0) is 71.5 Å². The Morgan fingerprint density at radius 1 is 0.754 bits per heavy atom. The number of fused-ring (bicyclic) bond motifs is 2. The van der Waals surface area contributed by atoms with Crippen LogP contribution >= 0.6 is 0 Å². The fraction of sp³-hybridized carbons (Fsp3) is 0.395. The van der Waals surface area contributed by atoms with Crippen LogP contribution in [0, 0.1) is 13.8 Å². The minimum absolute atomic E-state index is 0.0686. The van der Waals surface area contributed by atoms with Gasteiger partial charge in [-0.2, -0.15) is 10.2 Å². The third kappa shape index (κ3) is 10.5. The number of ether oxygens (including phenoxy) is 1. The summed E-state index contributed by atoms with van der Waals surface area (Å²) in [5, 5.41) is 17.6. The van der Waals surface area contributed by atoms with E-state index in [4.69, 9.17) is 21.2 Å². The largest absolute Gasteiger partial charge is 0.491 e. The van der Waals surface area contributed by atoms with E-state index in [2.05, 4.69) is 53.0 Å². The van der Waals surface area contributed by atoms with E-state index in [0.29, 0.717) is 77.6 Å². The van der Waals surface area contributed by atoms with E-state index in [1.807, 2.05) is 26.0 Å². The average Bonchev–Trinajstić information content (AvgIpc) is 4.04. The summed E-state index contributed by atoms with van der Waals surface area (Å²) in [7, 11) is 2.06. The Morgan fingerprint density at radius 2 is 1.32 bits per heavy atom. The first-order chi connectivity index (χ1) is 31.2. The summed E-state index contributed by atoms with van der Waals surface area (Å²) in [6.07, 6.45) is 5.44. The summed E-state index contributed by atoms with van der Waals surface area (Å²) in [4.78, 5) is 82.8. The molecule has 5 aromatic heterocycles. The molecule has 1 aromatic carbocycles. The molecular weight excluding hydrogens is 837 g/mol. The lowest BCUT2D eigenvalue weighted by atomic mass is 10.1. The number of carbonyl (C=O) groups excluding carboxylic acids is 5. The molecule has 6 aromatic rings. The van der Waals surface area contributed by atoms with Crippen LogP contribution in [0.15, 0.2) is 48.7 Å². The molecule has 0 radical (unpaired) electrons. The Balaban J connectivity index is 1.17. The number of piperazine rings is 1. The number of nitrogens with zero attached hydrogens (tertiary/aromatic N) is 11. The van der Waals surface area contributed by atoms with Crippen LogP contribution in [-0.4, -0.2) is 136 Å². The van der Waals surface area contributed by atoms with Crippen LogP contribution in [0.5, 0.6) is 5.75 Å². The number of likely N-dealkylation sites (N-methyl/N-ethyl adjacent to an activating group) is 1. The Labute approximate surface area is 374 Å². The van der Waals surface area contributed by atoms with Crippen LogP contribution in [-0.2, 0) is 31.0 Å². The second-order valence-electron chi connectivity index (χ2n) is 15.7. The summed E-state index contributed by atoms with van der Waals surface area (Å²) in [5.74, 6) is -1.73. The standard InChI is InChI=1S/C43H54N16O6/c1-6-58-32(19-26(3)52-58)40(63)50-42-48-30-21-28(37(44)61)23-34(65-18-10-11-46-35(60)25-55-16-14-54(5)15-17-55)36(30)56(42)12-8-9-13-57-39-31(22-29(24-47-39)38(45)62)49-43(57)51-41(64)33-20-27(4)53-59(33)7-2/h8-9,19-24H,6-7,10-18,25H2,1-5H3,(H2,44,61)(H2,45,62)(H,46,60)(H,48,50,63)(H,49,51,64)/b9-8+. The average molecular weight is 891 g/mol. The maximum absolute atomic E-state index is 13.8. The highest BCUT2D eigenvalue weighted by atomic mass is 16.5. The minimum atomic E-state index is -0.698. The zero-order valence-electron chi connectivity index (χ0n) is 37.1. The Bertz CT molecular complexity index is 2790. The molecule has 7 N–H and O–H groups in total. The maximum atomic E-state index is 13.8. The van der Waals surface area contributed by atoms with E-state index < -0.39 is 23.6 Å². The number of amides is 5. The topological polar surface area (TPSA) is 273 Å². The molecular formula is C43H54N16O6. The van der Waals surface area contributed by atoms with Crippen molar-refractivity contribution in [2.45, 2.75) is 60.3 Å². The van der Waals surface area contributed by atoms with Crippen molar-refractivity contribution in [1.82, 2.24) is 58.8 Å². The number of imidazole rings is 2. The fourth-order valence-corrected chi connectivity index (χ4v) is 7.55. The molecule has 5 amide bonds. The third-order valence-electron chi connectivity index (χ3n) is 10.9. The molecule has 22 nitrogen and oxygen atoms in total. The van der Waals surface area contributed by atoms with Crippen LogP contribution in [0.4, 0.5) is 11.9 Å². The Kier molecular flexibility index (Phi) is 14.0. The number of carbonyl (C=O) groups is 5. The highest BCUT2D eigenvalue weighted by Crippen LogP contribution is 2.32. The molecule has 0 saturated carbocycles. The SMILES string of the molecule is CCn1nc(C)cc1C(=O)Nc1nc2cc(C(N)=O)cnc2n1C/C=C/Cn1c(NC(=O)c2cc(C)nn2CC)nc2cc(C(N)=O)cc(OCCCNC(=O)CN3CCN(C)CC3)c21. The Hall–Kier alpha value is -7.46. The fourth-order valence-electron chi connectivity index (χ4n) is 7.55. The molecule has 0 bridgehead atoms. The lowest BCUT2D eigenvalue weighted by Crippen LogP contribution is -2.48. The van der Waals surface area contributed by atoms with E-state index in [9.17, 15) is 24.0 Å². The second kappa shape index (κ2) is 19.9. The predicted octanol–water partition coefficient (Wildman–Crippen LogP) is 1.92. The second-order valence-corrected chi connectivity index (χ2v) is 15.7. The number of allylic oxidation sites excluding steroid dienone is 2. The molecule has 6 heterocycles. The van der Waals surface area contributed by atoms with Gasteiger partial charge in [-0.25, -0.2) is 15.0 Å². The number of benzene rings is 1. The highest BCUT2D eigenvalue weighted by molar-refractivity contribution is 6.05. The number of hydrogen-bond donors (Lipinski definition) is 5. The lowest BCUT2D eigenvalue weighted by Gasteiger charge is -2.31. The molecule has 0 unspecified atom stereocenters. The first-order valence-electron chi connectivity index (χ1n) is 21.4. The molecule has 7 rings (SSSR count). The van der Waals surface area contributed by atoms with E-state index in [0.717, 1.165) is 26.2 Å². The molecule has 1 fully saturated rings. The van der Waals surface area contributed by atoms with E-state index in [-0.39, 0.29) is 54.4 Å². The van der Waals surface area contributed by atoms with Crippen molar-refractivity contribution < 1.29 is 28.7 Å². The molecule has 0 spiro atoms. The zero-order chi connectivity index (χ0) is 46.4. The summed E-state index contributed by atoms with van der Waals surface area (Å²) in [6.45, 7) is 12.9. The van der Waals surface area contributed by atoms with Gasteiger partial charge in [0.05, 0.1) is 35.6 Å². The van der Waals surface area contributed by atoms with Gasteiger partial charge in [0.2, 0.25) is 29.6 Å². The predicted molar refractivity (Wildman–Crippen MR) is 242 cm³/mol. The quantitative estimate of drug-likeness (QED) is 0.0575. The molecule has 65 heavy (non-hydrogen) atoms. The first-order valence-corrected chi connectivity index (χ1v) is 21.4. The van der Waals surface area contributed by atoms with Crippen LogP contribution in [0.25, 0.3) is 22.2 Å². The Morgan fingerprint density at radius 3 is 1.92 bits per heavy atom. The molecule has 1 aliphatic heterocycles. The van der Waals surface area contributed by atoms with Gasteiger partial charge in [-0.3, -0.25) is 53.4 Å². The van der Waals surface area contributed by atoms with Gasteiger partial charge in [0.15, 0.2) is 5.65 Å². The summed E-state index contributed by atoms with van der Waals surface area (Å²) in [6, 6.07) is 7.92. The van der Waals surface area contributed by atoms with Crippen LogP contribution in [0.1, 0.15) is 73.3 Å².